The summed E-state index contributed by atoms with van der Waals surface area (Å²) in [5.41, 5.74) is 1.56. The van der Waals surface area contributed by atoms with Gasteiger partial charge in [-0.2, -0.15) is 0 Å². The van der Waals surface area contributed by atoms with Crippen LogP contribution in [0.1, 0.15) is 22.3 Å². The highest BCUT2D eigenvalue weighted by Gasteiger charge is 2.45. The number of nitrogens with zero attached hydrogens (tertiary/aromatic N) is 2. The molecule has 30 heavy (non-hydrogen) atoms. The highest BCUT2D eigenvalue weighted by molar-refractivity contribution is 6.31. The van der Waals surface area contributed by atoms with Gasteiger partial charge in [0.25, 0.3) is 5.91 Å². The van der Waals surface area contributed by atoms with Gasteiger partial charge in [0, 0.05) is 37.5 Å². The second kappa shape index (κ2) is 8.71. The van der Waals surface area contributed by atoms with Gasteiger partial charge in [0.15, 0.2) is 0 Å². The molecule has 2 N–H and O–H groups in total. The van der Waals surface area contributed by atoms with E-state index in [1.54, 1.807) is 12.0 Å². The molecule has 1 spiro atoms. The third kappa shape index (κ3) is 4.05. The van der Waals surface area contributed by atoms with Crippen LogP contribution in [-0.4, -0.2) is 55.5 Å². The third-order valence-corrected chi connectivity index (χ3v) is 5.86. The molecule has 2 aliphatic heterocycles. The first-order valence-electron chi connectivity index (χ1n) is 9.90. The lowest BCUT2D eigenvalue weighted by Gasteiger charge is -2.30. The Morgan fingerprint density at radius 3 is 3.00 bits per heavy atom. The fraction of sp³-hybridized carbons (Fsp3) is 0.364. The van der Waals surface area contributed by atoms with E-state index in [1.807, 2.05) is 18.2 Å². The molecule has 158 valence electrons. The van der Waals surface area contributed by atoms with Crippen molar-refractivity contribution in [3.8, 4) is 0 Å². The van der Waals surface area contributed by atoms with Crippen molar-refractivity contribution >= 4 is 29.0 Å². The maximum Gasteiger partial charge on any atom is 0.256 e. The number of carbonyl (C=O) groups is 1. The highest BCUT2D eigenvalue weighted by Crippen LogP contribution is 2.31. The van der Waals surface area contributed by atoms with Crippen LogP contribution in [0.3, 0.4) is 0 Å². The average molecular weight is 431 g/mol. The number of fused-ring (bicyclic) bond motifs is 1. The molecule has 0 aliphatic carbocycles. The van der Waals surface area contributed by atoms with Crippen LogP contribution < -0.4 is 10.6 Å². The predicted octanol–water partition coefficient (Wildman–Crippen LogP) is 3.32. The number of likely N-dealkylation sites (tertiary alicyclic amines) is 1. The van der Waals surface area contributed by atoms with E-state index in [-0.39, 0.29) is 11.5 Å². The van der Waals surface area contributed by atoms with E-state index in [1.165, 1.54) is 18.2 Å². The topological polar surface area (TPSA) is 66.0 Å². The quantitative estimate of drug-likeness (QED) is 0.730. The Morgan fingerprint density at radius 1 is 1.33 bits per heavy atom. The molecule has 8 heteroatoms. The minimum absolute atomic E-state index is 0.0118. The monoisotopic (exact) mass is 430 g/mol. The average Bonchev–Trinajstić information content (AvgIpc) is 3.12. The number of hydrogen-bond acceptors (Lipinski definition) is 4. The van der Waals surface area contributed by atoms with Gasteiger partial charge in [-0.25, -0.2) is 4.39 Å². The van der Waals surface area contributed by atoms with Crippen LogP contribution in [0.2, 0.25) is 5.02 Å². The minimum Gasteiger partial charge on any atom is -0.383 e. The number of amides is 1. The zero-order valence-electron chi connectivity index (χ0n) is 16.8. The number of nitrogens with one attached hydrogen (secondary N) is 2. The lowest BCUT2D eigenvalue weighted by molar-refractivity contribution is 0.0781. The zero-order valence-corrected chi connectivity index (χ0v) is 17.5. The molecule has 0 unspecified atom stereocenters. The first kappa shape index (κ1) is 20.8. The summed E-state index contributed by atoms with van der Waals surface area (Å²) >= 11 is 5.99. The predicted molar refractivity (Wildman–Crippen MR) is 116 cm³/mol. The van der Waals surface area contributed by atoms with E-state index >= 15 is 0 Å². The Kier molecular flexibility index (Phi) is 6.04. The summed E-state index contributed by atoms with van der Waals surface area (Å²) in [4.78, 5) is 19.4. The second-order valence-corrected chi connectivity index (χ2v) is 7.98. The number of anilines is 1. The number of aliphatic imine (C=N–C) groups is 1. The molecule has 0 saturated carbocycles. The standard InChI is InChI=1S/C22H24ClFN4O2/c1-30-11-9-25-21-22(26-13-15-4-2-3-5-19(15)27-21)8-10-28(14-22)20(29)17-12-16(23)6-7-18(17)24/h2-7,12,26H,8-11,13-14H2,1H3,(H,25,27)/t22-/m0/s1. The number of rotatable bonds is 4. The Morgan fingerprint density at radius 2 is 2.17 bits per heavy atom. The molecule has 2 aromatic carbocycles. The van der Waals surface area contributed by atoms with Gasteiger partial charge >= 0.3 is 0 Å². The van der Waals surface area contributed by atoms with Crippen LogP contribution >= 0.6 is 11.6 Å². The van der Waals surface area contributed by atoms with Crippen LogP contribution in [0.25, 0.3) is 0 Å². The van der Waals surface area contributed by atoms with E-state index in [2.05, 4.69) is 16.7 Å². The fourth-order valence-corrected chi connectivity index (χ4v) is 4.16. The maximum atomic E-state index is 14.3. The number of hydrogen-bond donors (Lipinski definition) is 2. The number of ether oxygens (including phenoxy) is 1. The van der Waals surface area contributed by atoms with Crippen molar-refractivity contribution in [3.05, 3.63) is 64.4 Å². The number of benzene rings is 2. The van der Waals surface area contributed by atoms with Crippen LogP contribution in [-0.2, 0) is 11.3 Å². The molecule has 0 bridgehead atoms. The summed E-state index contributed by atoms with van der Waals surface area (Å²) < 4.78 is 19.4. The number of amidine groups is 1. The molecule has 1 saturated heterocycles. The Hall–Kier alpha value is -2.48. The van der Waals surface area contributed by atoms with Gasteiger partial charge < -0.3 is 15.0 Å². The molecule has 1 fully saturated rings. The number of para-hydroxylation sites is 1. The summed E-state index contributed by atoms with van der Waals surface area (Å²) in [7, 11) is 1.64. The van der Waals surface area contributed by atoms with Gasteiger partial charge in [-0.15, -0.1) is 0 Å². The minimum atomic E-state index is -0.571. The van der Waals surface area contributed by atoms with Crippen LogP contribution in [0.4, 0.5) is 10.1 Å². The summed E-state index contributed by atoms with van der Waals surface area (Å²) in [5.74, 6) is -0.170. The number of methoxy groups -OCH3 is 1. The molecular weight excluding hydrogens is 407 g/mol. The first-order chi connectivity index (χ1) is 14.5. The van der Waals surface area contributed by atoms with Crippen molar-refractivity contribution in [2.45, 2.75) is 18.5 Å². The SMILES string of the molecule is COCCN=C1Nc2ccccc2CN[C@]12CCN(C(=O)c1cc(Cl)ccc1F)C2. The van der Waals surface area contributed by atoms with E-state index in [0.29, 0.717) is 44.2 Å². The Balaban J connectivity index is 1.62. The van der Waals surface area contributed by atoms with Crippen molar-refractivity contribution in [2.24, 2.45) is 4.99 Å². The van der Waals surface area contributed by atoms with E-state index in [0.717, 1.165) is 17.1 Å². The molecular formula is C22H24ClFN4O2. The van der Waals surface area contributed by atoms with Crippen molar-refractivity contribution in [3.63, 3.8) is 0 Å². The van der Waals surface area contributed by atoms with Gasteiger partial charge in [-0.1, -0.05) is 29.8 Å². The van der Waals surface area contributed by atoms with Crippen molar-refractivity contribution in [2.75, 3.05) is 38.7 Å². The summed E-state index contributed by atoms with van der Waals surface area (Å²) in [5, 5.41) is 7.41. The zero-order chi connectivity index (χ0) is 21.1. The number of halogens is 2. The molecule has 2 aromatic rings. The molecule has 0 aromatic heterocycles. The van der Waals surface area contributed by atoms with Gasteiger partial charge in [-0.3, -0.25) is 15.1 Å². The Labute approximate surface area is 180 Å². The summed E-state index contributed by atoms with van der Waals surface area (Å²) in [6.45, 7) is 2.50. The Bertz CT molecular complexity index is 983. The van der Waals surface area contributed by atoms with Crippen LogP contribution in [0.15, 0.2) is 47.5 Å². The van der Waals surface area contributed by atoms with Gasteiger partial charge in [-0.05, 0) is 36.2 Å². The van der Waals surface area contributed by atoms with E-state index in [4.69, 9.17) is 21.3 Å². The summed E-state index contributed by atoms with van der Waals surface area (Å²) in [6.07, 6.45) is 0.660. The van der Waals surface area contributed by atoms with Crippen molar-refractivity contribution < 1.29 is 13.9 Å². The molecule has 2 heterocycles. The summed E-state index contributed by atoms with van der Waals surface area (Å²) in [6, 6.07) is 12.1. The maximum absolute atomic E-state index is 14.3. The molecule has 1 amide bonds. The largest absolute Gasteiger partial charge is 0.383 e. The van der Waals surface area contributed by atoms with Gasteiger partial charge in [0.2, 0.25) is 0 Å². The molecule has 0 radical (unpaired) electrons. The molecule has 2 aliphatic rings. The van der Waals surface area contributed by atoms with Gasteiger partial charge in [0.05, 0.1) is 24.3 Å². The third-order valence-electron chi connectivity index (χ3n) is 5.62. The normalized spacial score (nSPS) is 22.1. The van der Waals surface area contributed by atoms with E-state index in [9.17, 15) is 9.18 Å². The lowest BCUT2D eigenvalue weighted by Crippen LogP contribution is -2.55. The van der Waals surface area contributed by atoms with Crippen molar-refractivity contribution in [1.82, 2.24) is 10.2 Å². The smallest absolute Gasteiger partial charge is 0.256 e. The fourth-order valence-electron chi connectivity index (χ4n) is 3.98. The molecule has 6 nitrogen and oxygen atoms in total. The molecule has 1 atom stereocenters. The second-order valence-electron chi connectivity index (χ2n) is 7.54. The molecule has 4 rings (SSSR count). The number of carbonyl (C=O) groups excluding carboxylic acids is 1. The van der Waals surface area contributed by atoms with Gasteiger partial charge in [0.1, 0.15) is 11.7 Å². The van der Waals surface area contributed by atoms with E-state index < -0.39 is 11.4 Å². The highest BCUT2D eigenvalue weighted by atomic mass is 35.5. The van der Waals surface area contributed by atoms with Crippen molar-refractivity contribution in [1.29, 1.82) is 0 Å². The lowest BCUT2D eigenvalue weighted by atomic mass is 9.96. The van der Waals surface area contributed by atoms with Crippen LogP contribution in [0, 0.1) is 5.82 Å². The first-order valence-corrected chi connectivity index (χ1v) is 10.3. The van der Waals surface area contributed by atoms with Crippen LogP contribution in [0.5, 0.6) is 0 Å².